The summed E-state index contributed by atoms with van der Waals surface area (Å²) < 4.78 is 35.8. The highest BCUT2D eigenvalue weighted by Gasteiger charge is 2.48. The molecule has 25 heavy (non-hydrogen) atoms. The molecule has 1 aromatic carbocycles. The molecule has 0 bridgehead atoms. The molecule has 1 N–H and O–H groups in total. The monoisotopic (exact) mass is 353 g/mol. The lowest BCUT2D eigenvalue weighted by Gasteiger charge is -2.39. The van der Waals surface area contributed by atoms with Gasteiger partial charge in [-0.15, -0.1) is 0 Å². The van der Waals surface area contributed by atoms with Crippen LogP contribution in [0.15, 0.2) is 29.1 Å². The smallest absolute Gasteiger partial charge is 0.410 e. The predicted molar refractivity (Wildman–Crippen MR) is 89.0 cm³/mol. The largest absolute Gasteiger partial charge is 0.444 e. The van der Waals surface area contributed by atoms with Crippen molar-refractivity contribution in [1.82, 2.24) is 14.5 Å². The molecule has 1 amide bonds. The van der Waals surface area contributed by atoms with Crippen LogP contribution in [-0.4, -0.2) is 45.2 Å². The number of rotatable bonds is 1. The van der Waals surface area contributed by atoms with E-state index in [0.717, 1.165) is 9.47 Å². The molecule has 3 rings (SSSR count). The van der Waals surface area contributed by atoms with E-state index in [4.69, 9.17) is 4.74 Å². The molecule has 0 spiro atoms. The minimum Gasteiger partial charge on any atom is -0.444 e. The molecule has 136 valence electrons. The number of para-hydroxylation sites is 2. The van der Waals surface area contributed by atoms with Crippen molar-refractivity contribution in [2.45, 2.75) is 44.8 Å². The number of carbonyl (C=O) groups is 1. The summed E-state index contributed by atoms with van der Waals surface area (Å²) in [5, 5.41) is 0. The highest BCUT2D eigenvalue weighted by molar-refractivity contribution is 5.75. The number of nitrogens with zero attached hydrogens (tertiary/aromatic N) is 2. The molecule has 1 fully saturated rings. The van der Waals surface area contributed by atoms with Crippen LogP contribution in [-0.2, 0) is 4.74 Å². The van der Waals surface area contributed by atoms with Crippen LogP contribution < -0.4 is 5.69 Å². The maximum Gasteiger partial charge on any atom is 0.410 e. The lowest BCUT2D eigenvalue weighted by molar-refractivity contribution is -0.103. The fourth-order valence-electron chi connectivity index (χ4n) is 3.11. The van der Waals surface area contributed by atoms with Crippen molar-refractivity contribution < 1.29 is 18.3 Å². The van der Waals surface area contributed by atoms with Crippen LogP contribution in [0.2, 0.25) is 0 Å². The van der Waals surface area contributed by atoms with E-state index >= 15 is 0 Å². The molecule has 1 aliphatic heterocycles. The Bertz CT molecular complexity index is 851. The number of hydrogen-bond donors (Lipinski definition) is 1. The average Bonchev–Trinajstić information content (AvgIpc) is 2.80. The number of benzene rings is 1. The number of imidazole rings is 1. The van der Waals surface area contributed by atoms with Gasteiger partial charge in [0, 0.05) is 6.54 Å². The number of likely N-dealkylation sites (tertiary alicyclic amines) is 1. The number of nitrogens with one attached hydrogen (secondary N) is 1. The van der Waals surface area contributed by atoms with Gasteiger partial charge in [0.25, 0.3) is 5.92 Å². The number of H-pyrrole nitrogens is 1. The van der Waals surface area contributed by atoms with Gasteiger partial charge in [0.2, 0.25) is 0 Å². The number of alkyl halides is 2. The molecule has 0 radical (unpaired) electrons. The van der Waals surface area contributed by atoms with Gasteiger partial charge in [-0.2, -0.15) is 0 Å². The Kier molecular flexibility index (Phi) is 4.09. The molecule has 2 heterocycles. The molecule has 1 aliphatic rings. The van der Waals surface area contributed by atoms with Crippen LogP contribution >= 0.6 is 0 Å². The first-order valence-corrected chi connectivity index (χ1v) is 8.13. The lowest BCUT2D eigenvalue weighted by atomic mass is 10.0. The summed E-state index contributed by atoms with van der Waals surface area (Å²) in [6.45, 7) is 4.36. The van der Waals surface area contributed by atoms with Crippen molar-refractivity contribution in [1.29, 1.82) is 0 Å². The number of piperidine rings is 1. The summed E-state index contributed by atoms with van der Waals surface area (Å²) in [7, 11) is 0. The van der Waals surface area contributed by atoms with E-state index in [-0.39, 0.29) is 13.0 Å². The van der Waals surface area contributed by atoms with Crippen LogP contribution in [0.4, 0.5) is 13.6 Å². The summed E-state index contributed by atoms with van der Waals surface area (Å²) in [6, 6.07) is 5.41. The van der Waals surface area contributed by atoms with Crippen LogP contribution in [0.3, 0.4) is 0 Å². The van der Waals surface area contributed by atoms with E-state index in [0.29, 0.717) is 11.0 Å². The minimum absolute atomic E-state index is 0.0337. The van der Waals surface area contributed by atoms with Crippen molar-refractivity contribution in [3.63, 3.8) is 0 Å². The fraction of sp³-hybridized carbons (Fsp3) is 0.529. The number of fused-ring (bicyclic) bond motifs is 1. The number of aromatic amines is 1. The van der Waals surface area contributed by atoms with Gasteiger partial charge >= 0.3 is 11.8 Å². The van der Waals surface area contributed by atoms with Crippen molar-refractivity contribution in [3.8, 4) is 0 Å². The van der Waals surface area contributed by atoms with Gasteiger partial charge in [0.05, 0.1) is 17.6 Å². The number of aromatic nitrogens is 2. The Balaban J connectivity index is 1.87. The predicted octanol–water partition coefficient (Wildman–Crippen LogP) is 3.15. The Hall–Kier alpha value is -2.38. The van der Waals surface area contributed by atoms with Crippen LogP contribution in [0, 0.1) is 0 Å². The number of halogens is 2. The fourth-order valence-corrected chi connectivity index (χ4v) is 3.11. The first-order valence-electron chi connectivity index (χ1n) is 8.13. The van der Waals surface area contributed by atoms with Gasteiger partial charge in [0.15, 0.2) is 0 Å². The number of ether oxygens (including phenoxy) is 1. The molecular weight excluding hydrogens is 332 g/mol. The maximum atomic E-state index is 14.8. The summed E-state index contributed by atoms with van der Waals surface area (Å²) in [5.74, 6) is -3.25. The Morgan fingerprint density at radius 2 is 2.00 bits per heavy atom. The second-order valence-electron chi connectivity index (χ2n) is 7.28. The number of hydrogen-bond acceptors (Lipinski definition) is 3. The second-order valence-corrected chi connectivity index (χ2v) is 7.28. The highest BCUT2D eigenvalue weighted by atomic mass is 19.3. The van der Waals surface area contributed by atoms with Crippen LogP contribution in [0.1, 0.15) is 33.2 Å². The standard InChI is InChI=1S/C17H21F2N3O3/c1-16(2,3)25-15(24)21-9-8-13(17(18,19)10-21)22-12-7-5-4-6-11(12)20-14(22)23/h4-7,13H,8-10H2,1-3H3,(H,20,23). The lowest BCUT2D eigenvalue weighted by Crippen LogP contribution is -2.53. The van der Waals surface area contributed by atoms with Crippen molar-refractivity contribution in [3.05, 3.63) is 34.7 Å². The van der Waals surface area contributed by atoms with Gasteiger partial charge < -0.3 is 14.6 Å². The third kappa shape index (κ3) is 3.38. The van der Waals surface area contributed by atoms with E-state index in [2.05, 4.69) is 4.98 Å². The van der Waals surface area contributed by atoms with Gasteiger partial charge in [-0.3, -0.25) is 4.57 Å². The SMILES string of the molecule is CC(C)(C)OC(=O)N1CCC(n2c(=O)[nH]c3ccccc32)C(F)(F)C1. The number of carbonyl (C=O) groups excluding carboxylic acids is 1. The van der Waals surface area contributed by atoms with Crippen LogP contribution in [0.5, 0.6) is 0 Å². The second kappa shape index (κ2) is 5.86. The van der Waals surface area contributed by atoms with Crippen LogP contribution in [0.25, 0.3) is 11.0 Å². The molecule has 1 atom stereocenters. The Morgan fingerprint density at radius 1 is 1.32 bits per heavy atom. The molecule has 2 aromatic rings. The van der Waals surface area contributed by atoms with E-state index in [1.165, 1.54) is 0 Å². The normalized spacial score (nSPS) is 20.7. The summed E-state index contributed by atoms with van der Waals surface area (Å²) >= 11 is 0. The third-order valence-corrected chi connectivity index (χ3v) is 4.15. The van der Waals surface area contributed by atoms with Gasteiger partial charge in [-0.25, -0.2) is 18.4 Å². The molecule has 1 aromatic heterocycles. The minimum atomic E-state index is -3.25. The van der Waals surface area contributed by atoms with E-state index in [1.807, 2.05) is 0 Å². The zero-order chi connectivity index (χ0) is 18.4. The molecule has 6 nitrogen and oxygen atoms in total. The summed E-state index contributed by atoms with van der Waals surface area (Å²) in [6.07, 6.45) is -0.800. The zero-order valence-electron chi connectivity index (χ0n) is 14.4. The first-order chi connectivity index (χ1) is 11.6. The topological polar surface area (TPSA) is 67.3 Å². The number of amides is 1. The molecule has 1 unspecified atom stereocenters. The Labute approximate surface area is 143 Å². The van der Waals surface area contributed by atoms with Gasteiger partial charge in [-0.05, 0) is 39.3 Å². The molecule has 8 heteroatoms. The van der Waals surface area contributed by atoms with Gasteiger partial charge in [0.1, 0.15) is 11.6 Å². The Morgan fingerprint density at radius 3 is 2.64 bits per heavy atom. The molecule has 1 saturated heterocycles. The van der Waals surface area contributed by atoms with E-state index in [1.54, 1.807) is 45.0 Å². The third-order valence-electron chi connectivity index (χ3n) is 4.15. The average molecular weight is 353 g/mol. The molecule has 0 saturated carbocycles. The summed E-state index contributed by atoms with van der Waals surface area (Å²) in [4.78, 5) is 27.9. The van der Waals surface area contributed by atoms with Crippen molar-refractivity contribution >= 4 is 17.1 Å². The van der Waals surface area contributed by atoms with E-state index < -0.39 is 35.9 Å². The van der Waals surface area contributed by atoms with Gasteiger partial charge in [-0.1, -0.05) is 12.1 Å². The first kappa shape index (κ1) is 17.4. The zero-order valence-corrected chi connectivity index (χ0v) is 14.4. The highest BCUT2D eigenvalue weighted by Crippen LogP contribution is 2.37. The maximum absolute atomic E-state index is 14.8. The van der Waals surface area contributed by atoms with Crippen molar-refractivity contribution in [2.24, 2.45) is 0 Å². The van der Waals surface area contributed by atoms with E-state index in [9.17, 15) is 18.4 Å². The molecule has 0 aliphatic carbocycles. The van der Waals surface area contributed by atoms with Crippen molar-refractivity contribution in [2.75, 3.05) is 13.1 Å². The summed E-state index contributed by atoms with van der Waals surface area (Å²) in [5.41, 5.74) is -0.380. The molecular formula is C17H21F2N3O3. The quantitative estimate of drug-likeness (QED) is 0.856.